The summed E-state index contributed by atoms with van der Waals surface area (Å²) in [4.78, 5) is 13.5. The highest BCUT2D eigenvalue weighted by Crippen LogP contribution is 2.13. The number of hydrogen-bond acceptors (Lipinski definition) is 2. The average molecular weight is 233 g/mol. The van der Waals surface area contributed by atoms with Crippen LogP contribution in [0.4, 0.5) is 4.79 Å². The number of aryl methyl sites for hydroxylation is 1. The third kappa shape index (κ3) is 4.31. The molecule has 1 rings (SSSR count). The lowest BCUT2D eigenvalue weighted by Crippen LogP contribution is -2.34. The molecule has 0 fully saturated rings. The van der Waals surface area contributed by atoms with E-state index >= 15 is 0 Å². The smallest absolute Gasteiger partial charge is 0.410 e. The lowest BCUT2D eigenvalue weighted by atomic mass is 10.2. The Balaban J connectivity index is 2.65. The molecule has 0 N–H and O–H groups in total. The van der Waals surface area contributed by atoms with E-state index in [-0.39, 0.29) is 6.09 Å². The van der Waals surface area contributed by atoms with Gasteiger partial charge in [-0.2, -0.15) is 0 Å². The lowest BCUT2D eigenvalue weighted by molar-refractivity contribution is 0.157. The molecule has 0 saturated heterocycles. The standard InChI is InChI=1S/C14H19NO2/c1-4-9-15(10-5-2)14(16)17-13-8-6-7-12(3)11-13/h4,6-8,11H,1,5,9-10H2,2-3H3. The summed E-state index contributed by atoms with van der Waals surface area (Å²) in [6.07, 6.45) is 2.28. The molecule has 17 heavy (non-hydrogen) atoms. The van der Waals surface area contributed by atoms with Crippen molar-refractivity contribution in [1.82, 2.24) is 4.90 Å². The Morgan fingerprint density at radius 2 is 2.29 bits per heavy atom. The second-order valence-corrected chi connectivity index (χ2v) is 3.92. The van der Waals surface area contributed by atoms with Crippen LogP contribution in [0.5, 0.6) is 5.75 Å². The predicted molar refractivity (Wildman–Crippen MR) is 69.3 cm³/mol. The van der Waals surface area contributed by atoms with Crippen molar-refractivity contribution in [2.75, 3.05) is 13.1 Å². The molecule has 0 spiro atoms. The Hall–Kier alpha value is -1.77. The first kappa shape index (κ1) is 13.3. The summed E-state index contributed by atoms with van der Waals surface area (Å²) < 4.78 is 5.30. The van der Waals surface area contributed by atoms with Gasteiger partial charge in [0.15, 0.2) is 0 Å². The number of benzene rings is 1. The zero-order valence-electron chi connectivity index (χ0n) is 10.5. The van der Waals surface area contributed by atoms with Crippen LogP contribution < -0.4 is 4.74 Å². The number of rotatable bonds is 5. The summed E-state index contributed by atoms with van der Waals surface area (Å²) >= 11 is 0. The van der Waals surface area contributed by atoms with Gasteiger partial charge >= 0.3 is 6.09 Å². The molecule has 0 unspecified atom stereocenters. The van der Waals surface area contributed by atoms with Crippen LogP contribution in [0.3, 0.4) is 0 Å². The van der Waals surface area contributed by atoms with Crippen LogP contribution >= 0.6 is 0 Å². The van der Waals surface area contributed by atoms with E-state index in [1.807, 2.05) is 32.0 Å². The van der Waals surface area contributed by atoms with Crippen LogP contribution in [0.25, 0.3) is 0 Å². The molecule has 0 aliphatic rings. The highest BCUT2D eigenvalue weighted by Gasteiger charge is 2.13. The summed E-state index contributed by atoms with van der Waals surface area (Å²) in [6, 6.07) is 7.46. The van der Waals surface area contributed by atoms with Crippen molar-refractivity contribution in [3.05, 3.63) is 42.5 Å². The van der Waals surface area contributed by atoms with Gasteiger partial charge in [-0.25, -0.2) is 4.79 Å². The first-order valence-corrected chi connectivity index (χ1v) is 5.81. The van der Waals surface area contributed by atoms with Gasteiger partial charge in [0.2, 0.25) is 0 Å². The molecule has 1 aromatic carbocycles. The van der Waals surface area contributed by atoms with Crippen LogP contribution in [-0.4, -0.2) is 24.1 Å². The summed E-state index contributed by atoms with van der Waals surface area (Å²) in [5.74, 6) is 0.583. The molecular formula is C14H19NO2. The fourth-order valence-corrected chi connectivity index (χ4v) is 1.53. The monoisotopic (exact) mass is 233 g/mol. The Labute approximate surface area is 103 Å². The first-order chi connectivity index (χ1) is 8.17. The molecule has 0 saturated carbocycles. The van der Waals surface area contributed by atoms with Crippen molar-refractivity contribution in [1.29, 1.82) is 0 Å². The molecule has 1 aromatic rings. The van der Waals surface area contributed by atoms with E-state index in [0.29, 0.717) is 18.8 Å². The van der Waals surface area contributed by atoms with Gasteiger partial charge in [-0.05, 0) is 31.0 Å². The molecule has 0 atom stereocenters. The number of ether oxygens (including phenoxy) is 1. The second kappa shape index (κ2) is 6.74. The predicted octanol–water partition coefficient (Wildman–Crippen LogP) is 3.39. The normalized spacial score (nSPS) is 9.76. The van der Waals surface area contributed by atoms with Crippen LogP contribution in [0.15, 0.2) is 36.9 Å². The van der Waals surface area contributed by atoms with Crippen LogP contribution in [-0.2, 0) is 0 Å². The van der Waals surface area contributed by atoms with Crippen LogP contribution in [0, 0.1) is 6.92 Å². The highest BCUT2D eigenvalue weighted by atomic mass is 16.6. The molecule has 0 aliphatic carbocycles. The SMILES string of the molecule is C=CCN(CCC)C(=O)Oc1cccc(C)c1. The van der Waals surface area contributed by atoms with Crippen molar-refractivity contribution in [3.8, 4) is 5.75 Å². The minimum Gasteiger partial charge on any atom is -0.410 e. The quantitative estimate of drug-likeness (QED) is 0.729. The van der Waals surface area contributed by atoms with Crippen molar-refractivity contribution in [2.24, 2.45) is 0 Å². The molecule has 1 amide bonds. The topological polar surface area (TPSA) is 29.5 Å². The minimum absolute atomic E-state index is 0.322. The zero-order chi connectivity index (χ0) is 12.7. The van der Waals surface area contributed by atoms with Gasteiger partial charge in [0.1, 0.15) is 5.75 Å². The molecular weight excluding hydrogens is 214 g/mol. The van der Waals surface area contributed by atoms with Gasteiger partial charge in [0.25, 0.3) is 0 Å². The fourth-order valence-electron chi connectivity index (χ4n) is 1.53. The van der Waals surface area contributed by atoms with Crippen molar-refractivity contribution >= 4 is 6.09 Å². The van der Waals surface area contributed by atoms with E-state index in [9.17, 15) is 4.79 Å². The zero-order valence-corrected chi connectivity index (χ0v) is 10.5. The summed E-state index contributed by atoms with van der Waals surface area (Å²) in [5.41, 5.74) is 1.07. The number of carbonyl (C=O) groups is 1. The van der Waals surface area contributed by atoms with Crippen LogP contribution in [0.2, 0.25) is 0 Å². The molecule has 0 bridgehead atoms. The molecule has 92 valence electrons. The third-order valence-corrected chi connectivity index (χ3v) is 2.30. The van der Waals surface area contributed by atoms with Crippen molar-refractivity contribution < 1.29 is 9.53 Å². The number of nitrogens with zero attached hydrogens (tertiary/aromatic N) is 1. The maximum absolute atomic E-state index is 11.9. The fraction of sp³-hybridized carbons (Fsp3) is 0.357. The van der Waals surface area contributed by atoms with Gasteiger partial charge < -0.3 is 9.64 Å². The number of amides is 1. The van der Waals surface area contributed by atoms with Crippen molar-refractivity contribution in [2.45, 2.75) is 20.3 Å². The summed E-state index contributed by atoms with van der Waals surface area (Å²) in [6.45, 7) is 8.81. The minimum atomic E-state index is -0.322. The third-order valence-electron chi connectivity index (χ3n) is 2.30. The summed E-state index contributed by atoms with van der Waals surface area (Å²) in [7, 11) is 0. The molecule has 0 heterocycles. The lowest BCUT2D eigenvalue weighted by Gasteiger charge is -2.19. The Morgan fingerprint density at radius 3 is 2.88 bits per heavy atom. The highest BCUT2D eigenvalue weighted by molar-refractivity contribution is 5.70. The molecule has 3 heteroatoms. The number of hydrogen-bond donors (Lipinski definition) is 0. The maximum Gasteiger partial charge on any atom is 0.415 e. The van der Waals surface area contributed by atoms with E-state index in [2.05, 4.69) is 6.58 Å². The van der Waals surface area contributed by atoms with E-state index in [1.165, 1.54) is 0 Å². The van der Waals surface area contributed by atoms with Gasteiger partial charge in [0, 0.05) is 13.1 Å². The van der Waals surface area contributed by atoms with Gasteiger partial charge in [0.05, 0.1) is 0 Å². The Morgan fingerprint density at radius 1 is 1.53 bits per heavy atom. The van der Waals surface area contributed by atoms with E-state index in [4.69, 9.17) is 4.74 Å². The first-order valence-electron chi connectivity index (χ1n) is 5.81. The summed E-state index contributed by atoms with van der Waals surface area (Å²) in [5, 5.41) is 0. The van der Waals surface area contributed by atoms with E-state index in [0.717, 1.165) is 12.0 Å². The molecule has 3 nitrogen and oxygen atoms in total. The largest absolute Gasteiger partial charge is 0.415 e. The Kier molecular flexibility index (Phi) is 5.27. The van der Waals surface area contributed by atoms with Gasteiger partial charge in [-0.15, -0.1) is 6.58 Å². The molecule has 0 radical (unpaired) electrons. The number of carbonyl (C=O) groups excluding carboxylic acids is 1. The Bertz CT molecular complexity index is 388. The molecule has 0 aromatic heterocycles. The maximum atomic E-state index is 11.9. The molecule has 0 aliphatic heterocycles. The average Bonchev–Trinajstić information content (AvgIpc) is 2.28. The van der Waals surface area contributed by atoms with Crippen molar-refractivity contribution in [3.63, 3.8) is 0 Å². The van der Waals surface area contributed by atoms with Gasteiger partial charge in [-0.3, -0.25) is 0 Å². The van der Waals surface area contributed by atoms with E-state index in [1.54, 1.807) is 17.0 Å². The van der Waals surface area contributed by atoms with Crippen LogP contribution in [0.1, 0.15) is 18.9 Å². The second-order valence-electron chi connectivity index (χ2n) is 3.92. The van der Waals surface area contributed by atoms with Gasteiger partial charge in [-0.1, -0.05) is 25.1 Å². The van der Waals surface area contributed by atoms with E-state index < -0.39 is 0 Å².